The van der Waals surface area contributed by atoms with E-state index in [1.54, 1.807) is 12.1 Å². The number of rotatable bonds is 4. The third-order valence-electron chi connectivity index (χ3n) is 6.85. The van der Waals surface area contributed by atoms with E-state index < -0.39 is 0 Å². The van der Waals surface area contributed by atoms with E-state index in [1.165, 1.54) is 51.2 Å². The minimum absolute atomic E-state index is 0.290. The highest BCUT2D eigenvalue weighted by atomic mass is 19.1. The van der Waals surface area contributed by atoms with Gasteiger partial charge >= 0.3 is 0 Å². The Morgan fingerprint density at radius 3 is 2.33 bits per heavy atom. The smallest absolute Gasteiger partial charge is 0.165 e. The Morgan fingerprint density at radius 1 is 0.926 bits per heavy atom. The zero-order chi connectivity index (χ0) is 18.8. The van der Waals surface area contributed by atoms with Gasteiger partial charge < -0.3 is 4.74 Å². The van der Waals surface area contributed by atoms with E-state index in [1.807, 2.05) is 6.07 Å². The van der Waals surface area contributed by atoms with Crippen molar-refractivity contribution >= 4 is 0 Å². The van der Waals surface area contributed by atoms with E-state index >= 15 is 0 Å². The maximum Gasteiger partial charge on any atom is 0.165 e. The van der Waals surface area contributed by atoms with E-state index in [2.05, 4.69) is 36.9 Å². The van der Waals surface area contributed by atoms with Crippen LogP contribution in [-0.2, 0) is 0 Å². The van der Waals surface area contributed by atoms with Gasteiger partial charge in [-0.15, -0.1) is 6.58 Å². The summed E-state index contributed by atoms with van der Waals surface area (Å²) in [5, 5.41) is 0. The molecule has 0 aromatic heterocycles. The zero-order valence-electron chi connectivity index (χ0n) is 16.2. The van der Waals surface area contributed by atoms with E-state index in [9.17, 15) is 4.39 Å². The van der Waals surface area contributed by atoms with Gasteiger partial charge in [-0.05, 0) is 91.0 Å². The number of methoxy groups -OCH3 is 1. The van der Waals surface area contributed by atoms with Gasteiger partial charge in [0.05, 0.1) is 7.11 Å². The molecule has 0 spiro atoms. The highest BCUT2D eigenvalue weighted by molar-refractivity contribution is 5.64. The van der Waals surface area contributed by atoms with Gasteiger partial charge in [0.2, 0.25) is 0 Å². The molecule has 2 fully saturated rings. The molecular formula is C25H29FO. The molecule has 0 saturated heterocycles. The molecule has 2 saturated carbocycles. The zero-order valence-corrected chi connectivity index (χ0v) is 16.2. The molecule has 2 heteroatoms. The first kappa shape index (κ1) is 18.3. The van der Waals surface area contributed by atoms with E-state index in [0.717, 1.165) is 28.9 Å². The van der Waals surface area contributed by atoms with E-state index in [0.29, 0.717) is 11.7 Å². The Hall–Kier alpha value is -2.09. The summed E-state index contributed by atoms with van der Waals surface area (Å²) in [5.74, 6) is 3.18. The van der Waals surface area contributed by atoms with Gasteiger partial charge in [-0.3, -0.25) is 0 Å². The van der Waals surface area contributed by atoms with E-state index in [-0.39, 0.29) is 5.82 Å². The summed E-state index contributed by atoms with van der Waals surface area (Å²) >= 11 is 0. The Labute approximate surface area is 162 Å². The molecule has 0 heterocycles. The lowest BCUT2D eigenvalue weighted by Gasteiger charge is -2.41. The van der Waals surface area contributed by atoms with Crippen LogP contribution in [0.4, 0.5) is 4.39 Å². The first-order valence-corrected chi connectivity index (χ1v) is 10.2. The third kappa shape index (κ3) is 3.81. The molecule has 0 radical (unpaired) electrons. The molecule has 0 bridgehead atoms. The molecule has 2 aromatic rings. The Morgan fingerprint density at radius 2 is 1.63 bits per heavy atom. The number of benzene rings is 2. The summed E-state index contributed by atoms with van der Waals surface area (Å²) in [7, 11) is 1.49. The summed E-state index contributed by atoms with van der Waals surface area (Å²) in [6.45, 7) is 4.00. The van der Waals surface area contributed by atoms with Crippen molar-refractivity contribution in [2.24, 2.45) is 17.8 Å². The highest BCUT2D eigenvalue weighted by Crippen LogP contribution is 2.47. The third-order valence-corrected chi connectivity index (χ3v) is 6.85. The van der Waals surface area contributed by atoms with Crippen molar-refractivity contribution < 1.29 is 9.13 Å². The van der Waals surface area contributed by atoms with Crippen molar-refractivity contribution in [3.05, 3.63) is 66.5 Å². The van der Waals surface area contributed by atoms with Crippen molar-refractivity contribution in [2.75, 3.05) is 7.11 Å². The lowest BCUT2D eigenvalue weighted by Crippen LogP contribution is -2.29. The molecule has 2 aliphatic rings. The Balaban J connectivity index is 1.45. The average Bonchev–Trinajstić information content (AvgIpc) is 2.73. The van der Waals surface area contributed by atoms with Crippen LogP contribution in [0.1, 0.15) is 50.0 Å². The summed E-state index contributed by atoms with van der Waals surface area (Å²) < 4.78 is 19.0. The molecule has 0 aliphatic heterocycles. The van der Waals surface area contributed by atoms with Crippen LogP contribution in [0.5, 0.6) is 5.75 Å². The summed E-state index contributed by atoms with van der Waals surface area (Å²) in [5.41, 5.74) is 3.39. The lowest BCUT2D eigenvalue weighted by atomic mass is 9.64. The second kappa shape index (κ2) is 7.88. The Bertz CT molecular complexity index is 794. The first-order valence-electron chi connectivity index (χ1n) is 10.2. The van der Waals surface area contributed by atoms with Gasteiger partial charge in [0, 0.05) is 0 Å². The van der Waals surface area contributed by atoms with Crippen LogP contribution in [0.15, 0.2) is 55.1 Å². The standard InChI is InChI=1S/C25H29FO/c1-3-17-4-5-22-15-21(11-10-20(22)14-17)18-6-8-19(9-7-18)23-12-13-25(27-2)24(26)16-23/h3,6-9,12-13,16-17,20-22H,1,4-5,10-11,14-15H2,2H3. The lowest BCUT2D eigenvalue weighted by molar-refractivity contribution is 0.133. The molecule has 142 valence electrons. The quantitative estimate of drug-likeness (QED) is 0.531. The van der Waals surface area contributed by atoms with Gasteiger partial charge in [-0.2, -0.15) is 0 Å². The SMILES string of the molecule is C=CC1CCC2CC(c3ccc(-c4ccc(OC)c(F)c4)cc3)CCC2C1. The summed E-state index contributed by atoms with van der Waals surface area (Å²) in [6.07, 6.45) is 10.2. The van der Waals surface area contributed by atoms with Crippen molar-refractivity contribution in [3.8, 4) is 16.9 Å². The Kier molecular flexibility index (Phi) is 5.33. The minimum atomic E-state index is -0.312. The van der Waals surface area contributed by atoms with Gasteiger partial charge in [0.1, 0.15) is 0 Å². The molecule has 2 aromatic carbocycles. The van der Waals surface area contributed by atoms with Crippen molar-refractivity contribution in [3.63, 3.8) is 0 Å². The van der Waals surface area contributed by atoms with Gasteiger partial charge in [-0.25, -0.2) is 4.39 Å². The molecule has 0 amide bonds. The average molecular weight is 365 g/mol. The van der Waals surface area contributed by atoms with Crippen LogP contribution in [0.25, 0.3) is 11.1 Å². The van der Waals surface area contributed by atoms with E-state index in [4.69, 9.17) is 4.74 Å². The number of allylic oxidation sites excluding steroid dienone is 1. The predicted octanol–water partition coefficient (Wildman–Crippen LogP) is 6.99. The topological polar surface area (TPSA) is 9.23 Å². The second-order valence-electron chi connectivity index (χ2n) is 8.31. The van der Waals surface area contributed by atoms with Crippen molar-refractivity contribution in [1.82, 2.24) is 0 Å². The van der Waals surface area contributed by atoms with Crippen LogP contribution < -0.4 is 4.74 Å². The van der Waals surface area contributed by atoms with Crippen LogP contribution in [-0.4, -0.2) is 7.11 Å². The van der Waals surface area contributed by atoms with Crippen molar-refractivity contribution in [2.45, 2.75) is 44.4 Å². The fraction of sp³-hybridized carbons (Fsp3) is 0.440. The minimum Gasteiger partial charge on any atom is -0.494 e. The van der Waals surface area contributed by atoms with Crippen LogP contribution in [0, 0.1) is 23.6 Å². The number of ether oxygens (including phenoxy) is 1. The van der Waals surface area contributed by atoms with Crippen LogP contribution >= 0.6 is 0 Å². The molecular weight excluding hydrogens is 335 g/mol. The first-order chi connectivity index (χ1) is 13.2. The number of hydrogen-bond donors (Lipinski definition) is 0. The summed E-state index contributed by atoms with van der Waals surface area (Å²) in [4.78, 5) is 0. The van der Waals surface area contributed by atoms with Crippen molar-refractivity contribution in [1.29, 1.82) is 0 Å². The number of halogens is 1. The molecule has 27 heavy (non-hydrogen) atoms. The highest BCUT2D eigenvalue weighted by Gasteiger charge is 2.35. The second-order valence-corrected chi connectivity index (χ2v) is 8.31. The van der Waals surface area contributed by atoms with Gasteiger partial charge in [0.25, 0.3) is 0 Å². The fourth-order valence-electron chi connectivity index (χ4n) is 5.24. The van der Waals surface area contributed by atoms with Gasteiger partial charge in [-0.1, -0.05) is 36.4 Å². The maximum absolute atomic E-state index is 14.0. The number of hydrogen-bond acceptors (Lipinski definition) is 1. The molecule has 4 rings (SSSR count). The van der Waals surface area contributed by atoms with Crippen LogP contribution in [0.3, 0.4) is 0 Å². The number of fused-ring (bicyclic) bond motifs is 1. The predicted molar refractivity (Wildman–Crippen MR) is 109 cm³/mol. The molecule has 0 N–H and O–H groups in total. The maximum atomic E-state index is 14.0. The summed E-state index contributed by atoms with van der Waals surface area (Å²) in [6, 6.07) is 13.9. The fourth-order valence-corrected chi connectivity index (χ4v) is 5.24. The van der Waals surface area contributed by atoms with Crippen LogP contribution in [0.2, 0.25) is 0 Å². The molecule has 4 unspecified atom stereocenters. The normalized spacial score (nSPS) is 27.6. The molecule has 2 aliphatic carbocycles. The van der Waals surface area contributed by atoms with Gasteiger partial charge in [0.15, 0.2) is 11.6 Å². The monoisotopic (exact) mass is 364 g/mol. The molecule has 1 nitrogen and oxygen atoms in total. The molecule has 4 atom stereocenters. The largest absolute Gasteiger partial charge is 0.494 e.